The van der Waals surface area contributed by atoms with Crippen LogP contribution in [0.1, 0.15) is 11.7 Å². The molecular formula is C22H18BrN3O2. The minimum Gasteiger partial charge on any atom is -0.491 e. The number of aromatic nitrogens is 2. The molecule has 0 bridgehead atoms. The standard InChI is InChI=1S/C22H18BrN3O2/c23-17-13-14(28-12-11-27)9-10-15(17)21-24-18-6-2-1-5-16(18)22-25-19-7-3-4-8-20(19)26(21)22/h1-10,13,21,24,27H,11-12H2/t21-/m0/s1. The molecule has 0 aliphatic carbocycles. The third-order valence-electron chi connectivity index (χ3n) is 4.94. The normalized spacial score (nSPS) is 15.0. The maximum Gasteiger partial charge on any atom is 0.145 e. The largest absolute Gasteiger partial charge is 0.491 e. The van der Waals surface area contributed by atoms with E-state index in [-0.39, 0.29) is 19.4 Å². The lowest BCUT2D eigenvalue weighted by atomic mass is 10.1. The molecule has 28 heavy (non-hydrogen) atoms. The molecule has 0 unspecified atom stereocenters. The molecule has 0 radical (unpaired) electrons. The van der Waals surface area contributed by atoms with Crippen LogP contribution in [0.4, 0.5) is 5.69 Å². The molecule has 0 amide bonds. The number of anilines is 1. The van der Waals surface area contributed by atoms with Crippen LogP contribution in [0.2, 0.25) is 0 Å². The monoisotopic (exact) mass is 435 g/mol. The molecule has 0 saturated carbocycles. The number of aliphatic hydroxyl groups excluding tert-OH is 1. The predicted molar refractivity (Wildman–Crippen MR) is 114 cm³/mol. The number of halogens is 1. The first-order valence-corrected chi connectivity index (χ1v) is 9.91. The van der Waals surface area contributed by atoms with E-state index in [2.05, 4.69) is 44.0 Å². The Bertz CT molecular complexity index is 1170. The average molecular weight is 436 g/mol. The van der Waals surface area contributed by atoms with Crippen LogP contribution < -0.4 is 10.1 Å². The predicted octanol–water partition coefficient (Wildman–Crippen LogP) is 4.81. The highest BCUT2D eigenvalue weighted by atomic mass is 79.9. The number of nitrogens with zero attached hydrogens (tertiary/aromatic N) is 2. The Morgan fingerprint density at radius 1 is 1.07 bits per heavy atom. The summed E-state index contributed by atoms with van der Waals surface area (Å²) in [6.45, 7) is 0.266. The van der Waals surface area contributed by atoms with Crippen molar-refractivity contribution in [3.8, 4) is 17.1 Å². The molecule has 3 aromatic carbocycles. The van der Waals surface area contributed by atoms with Gasteiger partial charge in [0.05, 0.1) is 17.6 Å². The van der Waals surface area contributed by atoms with E-state index < -0.39 is 0 Å². The Balaban J connectivity index is 1.68. The van der Waals surface area contributed by atoms with Crippen molar-refractivity contribution in [2.24, 2.45) is 0 Å². The van der Waals surface area contributed by atoms with Gasteiger partial charge in [-0.1, -0.05) is 46.3 Å². The lowest BCUT2D eigenvalue weighted by Gasteiger charge is -2.31. The molecule has 1 aliphatic rings. The molecule has 5 nitrogen and oxygen atoms in total. The lowest BCUT2D eigenvalue weighted by molar-refractivity contribution is 0.201. The van der Waals surface area contributed by atoms with Gasteiger partial charge in [-0.15, -0.1) is 0 Å². The fourth-order valence-corrected chi connectivity index (χ4v) is 4.29. The highest BCUT2D eigenvalue weighted by molar-refractivity contribution is 9.10. The van der Waals surface area contributed by atoms with Crippen LogP contribution in [-0.2, 0) is 0 Å². The van der Waals surface area contributed by atoms with Crippen molar-refractivity contribution in [1.82, 2.24) is 9.55 Å². The van der Waals surface area contributed by atoms with E-state index in [1.54, 1.807) is 0 Å². The first-order valence-electron chi connectivity index (χ1n) is 9.12. The molecule has 0 fully saturated rings. The van der Waals surface area contributed by atoms with E-state index in [1.165, 1.54) is 0 Å². The van der Waals surface area contributed by atoms with Crippen LogP contribution in [0.5, 0.6) is 5.75 Å². The van der Waals surface area contributed by atoms with Crippen molar-refractivity contribution in [1.29, 1.82) is 0 Å². The summed E-state index contributed by atoms with van der Waals surface area (Å²) in [6.07, 6.45) is -0.112. The van der Waals surface area contributed by atoms with E-state index in [4.69, 9.17) is 14.8 Å². The van der Waals surface area contributed by atoms with Crippen LogP contribution in [0.25, 0.3) is 22.4 Å². The molecular weight excluding hydrogens is 418 g/mol. The van der Waals surface area contributed by atoms with Crippen molar-refractivity contribution in [3.05, 3.63) is 76.8 Å². The van der Waals surface area contributed by atoms with Crippen molar-refractivity contribution in [2.75, 3.05) is 18.5 Å². The molecule has 0 spiro atoms. The van der Waals surface area contributed by atoms with E-state index in [0.717, 1.165) is 43.9 Å². The molecule has 6 heteroatoms. The molecule has 2 heterocycles. The van der Waals surface area contributed by atoms with Crippen LogP contribution in [0.3, 0.4) is 0 Å². The van der Waals surface area contributed by atoms with Crippen molar-refractivity contribution < 1.29 is 9.84 Å². The van der Waals surface area contributed by atoms with Crippen molar-refractivity contribution in [3.63, 3.8) is 0 Å². The first kappa shape index (κ1) is 17.3. The molecule has 5 rings (SSSR count). The van der Waals surface area contributed by atoms with Gasteiger partial charge < -0.3 is 15.2 Å². The average Bonchev–Trinajstić information content (AvgIpc) is 3.12. The Morgan fingerprint density at radius 2 is 1.89 bits per heavy atom. The van der Waals surface area contributed by atoms with E-state index in [0.29, 0.717) is 0 Å². The Kier molecular flexibility index (Phi) is 4.30. The summed E-state index contributed by atoms with van der Waals surface area (Å²) in [4.78, 5) is 4.91. The maximum atomic E-state index is 8.98. The summed E-state index contributed by atoms with van der Waals surface area (Å²) >= 11 is 3.70. The van der Waals surface area contributed by atoms with E-state index in [9.17, 15) is 0 Å². The fraction of sp³-hybridized carbons (Fsp3) is 0.136. The van der Waals surface area contributed by atoms with Gasteiger partial charge in [0.2, 0.25) is 0 Å². The van der Waals surface area contributed by atoms with Gasteiger partial charge in [-0.05, 0) is 36.4 Å². The molecule has 2 N–H and O–H groups in total. The number of fused-ring (bicyclic) bond motifs is 5. The summed E-state index contributed by atoms with van der Waals surface area (Å²) < 4.78 is 8.72. The second-order valence-electron chi connectivity index (χ2n) is 6.64. The number of imidazole rings is 1. The van der Waals surface area contributed by atoms with Gasteiger partial charge >= 0.3 is 0 Å². The number of hydrogen-bond donors (Lipinski definition) is 2. The maximum absolute atomic E-state index is 8.98. The summed E-state index contributed by atoms with van der Waals surface area (Å²) in [7, 11) is 0. The van der Waals surface area contributed by atoms with Gasteiger partial charge in [-0.3, -0.25) is 4.57 Å². The van der Waals surface area contributed by atoms with Crippen LogP contribution in [-0.4, -0.2) is 27.9 Å². The zero-order valence-corrected chi connectivity index (χ0v) is 16.6. The van der Waals surface area contributed by atoms with E-state index in [1.807, 2.05) is 48.5 Å². The minimum absolute atomic E-state index is 0.00921. The number of para-hydroxylation sites is 3. The minimum atomic E-state index is -0.112. The van der Waals surface area contributed by atoms with E-state index >= 15 is 0 Å². The number of ether oxygens (including phenoxy) is 1. The second-order valence-corrected chi connectivity index (χ2v) is 7.50. The van der Waals surface area contributed by atoms with Gasteiger partial charge in [-0.25, -0.2) is 4.98 Å². The summed E-state index contributed by atoms with van der Waals surface area (Å²) in [5.41, 5.74) is 5.28. The fourth-order valence-electron chi connectivity index (χ4n) is 3.71. The van der Waals surface area contributed by atoms with Crippen LogP contribution in [0, 0.1) is 0 Å². The molecule has 4 aromatic rings. The lowest BCUT2D eigenvalue weighted by Crippen LogP contribution is -2.25. The Hall–Kier alpha value is -2.83. The van der Waals surface area contributed by atoms with Crippen molar-refractivity contribution in [2.45, 2.75) is 6.17 Å². The molecule has 140 valence electrons. The summed E-state index contributed by atoms with van der Waals surface area (Å²) in [6, 6.07) is 22.3. The quantitative estimate of drug-likeness (QED) is 0.482. The number of aliphatic hydroxyl groups is 1. The summed E-state index contributed by atoms with van der Waals surface area (Å²) in [5.74, 6) is 1.67. The second kappa shape index (κ2) is 6.96. The molecule has 1 aromatic heterocycles. The third-order valence-corrected chi connectivity index (χ3v) is 5.63. The Morgan fingerprint density at radius 3 is 2.75 bits per heavy atom. The topological polar surface area (TPSA) is 59.3 Å². The SMILES string of the molecule is OCCOc1ccc([C@H]2Nc3ccccc3-c3nc4ccccc4n32)c(Br)c1. The smallest absolute Gasteiger partial charge is 0.145 e. The third kappa shape index (κ3) is 2.77. The zero-order valence-electron chi connectivity index (χ0n) is 15.0. The number of rotatable bonds is 4. The molecule has 0 saturated heterocycles. The molecule has 1 atom stereocenters. The zero-order chi connectivity index (χ0) is 19.1. The Labute approximate surface area is 170 Å². The molecule has 1 aliphatic heterocycles. The number of benzene rings is 3. The van der Waals surface area contributed by atoms with Crippen LogP contribution in [0.15, 0.2) is 71.2 Å². The highest BCUT2D eigenvalue weighted by Crippen LogP contribution is 2.42. The number of nitrogens with one attached hydrogen (secondary N) is 1. The van der Waals surface area contributed by atoms with Gasteiger partial charge in [0.25, 0.3) is 0 Å². The summed E-state index contributed by atoms with van der Waals surface area (Å²) in [5, 5.41) is 12.6. The van der Waals surface area contributed by atoms with Gasteiger partial charge in [0.15, 0.2) is 0 Å². The first-order chi connectivity index (χ1) is 13.8. The number of hydrogen-bond acceptors (Lipinski definition) is 4. The van der Waals surface area contributed by atoms with Gasteiger partial charge in [-0.2, -0.15) is 0 Å². The highest BCUT2D eigenvalue weighted by Gasteiger charge is 2.29. The van der Waals surface area contributed by atoms with Gasteiger partial charge in [0, 0.05) is 21.3 Å². The van der Waals surface area contributed by atoms with Gasteiger partial charge in [0.1, 0.15) is 24.3 Å². The van der Waals surface area contributed by atoms with Crippen LogP contribution >= 0.6 is 15.9 Å². The van der Waals surface area contributed by atoms with Crippen molar-refractivity contribution >= 4 is 32.7 Å².